The summed E-state index contributed by atoms with van der Waals surface area (Å²) in [5, 5.41) is 6.38. The number of hydrogen-bond acceptors (Lipinski definition) is 4. The molecule has 1 amide bonds. The predicted molar refractivity (Wildman–Crippen MR) is 100 cm³/mol. The van der Waals surface area contributed by atoms with Crippen molar-refractivity contribution in [1.82, 2.24) is 5.32 Å². The van der Waals surface area contributed by atoms with Crippen molar-refractivity contribution in [3.8, 4) is 0 Å². The second-order valence-corrected chi connectivity index (χ2v) is 7.55. The summed E-state index contributed by atoms with van der Waals surface area (Å²) >= 11 is 0. The predicted octanol–water partition coefficient (Wildman–Crippen LogP) is 2.89. The normalized spacial score (nSPS) is 21.2. The number of piperidine rings is 1. The number of ether oxygens (including phenoxy) is 1. The lowest BCUT2D eigenvalue weighted by atomic mass is 9.85. The van der Waals surface area contributed by atoms with Crippen LogP contribution in [0, 0.1) is 11.3 Å². The molecule has 1 heterocycles. The Hall–Kier alpha value is -1.59. The van der Waals surface area contributed by atoms with Crippen LogP contribution in [0.1, 0.15) is 38.7 Å². The fourth-order valence-corrected chi connectivity index (χ4v) is 3.77. The molecule has 1 saturated heterocycles. The van der Waals surface area contributed by atoms with Gasteiger partial charge in [0, 0.05) is 11.6 Å². The second-order valence-electron chi connectivity index (χ2n) is 7.55. The maximum atomic E-state index is 12.5. The first-order valence-corrected chi connectivity index (χ1v) is 8.60. The quantitative estimate of drug-likeness (QED) is 0.804. The first-order chi connectivity index (χ1) is 11.4. The van der Waals surface area contributed by atoms with Gasteiger partial charge in [0.1, 0.15) is 0 Å². The number of hydrogen-bond donors (Lipinski definition) is 2. The highest BCUT2D eigenvalue weighted by molar-refractivity contribution is 5.95. The Morgan fingerprint density at radius 3 is 2.36 bits per heavy atom. The number of nitrogens with one attached hydrogen (secondary N) is 2. The van der Waals surface area contributed by atoms with Gasteiger partial charge in [0.05, 0.1) is 12.5 Å². The molecular weight excluding hydrogens is 340 g/mol. The lowest BCUT2D eigenvalue weighted by Gasteiger charge is -2.23. The molecule has 1 aromatic rings. The Morgan fingerprint density at radius 1 is 1.20 bits per heavy atom. The third-order valence-electron chi connectivity index (χ3n) is 5.68. The molecule has 5 nitrogen and oxygen atoms in total. The van der Waals surface area contributed by atoms with Crippen LogP contribution in [-0.2, 0) is 19.7 Å². The van der Waals surface area contributed by atoms with Gasteiger partial charge >= 0.3 is 5.97 Å². The molecule has 0 bridgehead atoms. The maximum Gasteiger partial charge on any atom is 0.315 e. The van der Waals surface area contributed by atoms with Gasteiger partial charge in [-0.05, 0) is 69.3 Å². The molecule has 1 unspecified atom stereocenters. The molecule has 1 spiro atoms. The molecule has 3 rings (SSSR count). The lowest BCUT2D eigenvalue weighted by Crippen LogP contribution is -2.31. The van der Waals surface area contributed by atoms with E-state index in [0.717, 1.165) is 43.6 Å². The number of methoxy groups -OCH3 is 1. The zero-order valence-corrected chi connectivity index (χ0v) is 15.9. The Balaban J connectivity index is 0.00000225. The molecule has 0 aromatic heterocycles. The molecule has 25 heavy (non-hydrogen) atoms. The van der Waals surface area contributed by atoms with Crippen molar-refractivity contribution < 1.29 is 14.3 Å². The summed E-state index contributed by atoms with van der Waals surface area (Å²) in [7, 11) is 1.39. The number of carbonyl (C=O) groups excluding carboxylic acids is 2. The molecule has 6 heteroatoms. The minimum absolute atomic E-state index is 0. The van der Waals surface area contributed by atoms with Crippen molar-refractivity contribution in [3.05, 3.63) is 29.8 Å². The number of halogens is 1. The van der Waals surface area contributed by atoms with Crippen LogP contribution in [-0.4, -0.2) is 32.1 Å². The third kappa shape index (κ3) is 3.82. The lowest BCUT2D eigenvalue weighted by molar-refractivity contribution is -0.146. The maximum absolute atomic E-state index is 12.5. The minimum Gasteiger partial charge on any atom is -0.468 e. The Morgan fingerprint density at radius 2 is 1.80 bits per heavy atom. The zero-order chi connectivity index (χ0) is 17.4. The van der Waals surface area contributed by atoms with Gasteiger partial charge in [-0.25, -0.2) is 0 Å². The van der Waals surface area contributed by atoms with Gasteiger partial charge in [0.2, 0.25) is 5.91 Å². The summed E-state index contributed by atoms with van der Waals surface area (Å²) in [6, 6.07) is 7.46. The van der Waals surface area contributed by atoms with E-state index >= 15 is 0 Å². The number of carbonyl (C=O) groups is 2. The summed E-state index contributed by atoms with van der Waals surface area (Å²) in [6.07, 6.45) is 3.20. The third-order valence-corrected chi connectivity index (χ3v) is 5.68. The monoisotopic (exact) mass is 366 g/mol. The van der Waals surface area contributed by atoms with Crippen LogP contribution in [0.2, 0.25) is 0 Å². The fourth-order valence-electron chi connectivity index (χ4n) is 3.77. The molecule has 2 aliphatic rings. The molecule has 2 N–H and O–H groups in total. The molecule has 1 aromatic carbocycles. The van der Waals surface area contributed by atoms with Crippen molar-refractivity contribution in [1.29, 1.82) is 0 Å². The standard InChI is InChI=1S/C19H26N2O3.ClH/c1-18(2,17(23)24-3)13-4-6-14(7-5-13)21-16(22)15-12-19(15)8-10-20-11-9-19;/h4-7,15,20H,8-12H2,1-3H3,(H,21,22);1H. The van der Waals surface area contributed by atoms with Crippen LogP contribution >= 0.6 is 12.4 Å². The van der Waals surface area contributed by atoms with E-state index in [1.165, 1.54) is 7.11 Å². The van der Waals surface area contributed by atoms with E-state index in [4.69, 9.17) is 4.74 Å². The van der Waals surface area contributed by atoms with Crippen molar-refractivity contribution in [2.75, 3.05) is 25.5 Å². The highest BCUT2D eigenvalue weighted by atomic mass is 35.5. The summed E-state index contributed by atoms with van der Waals surface area (Å²) in [5.74, 6) is -0.00668. The van der Waals surface area contributed by atoms with Crippen molar-refractivity contribution in [2.45, 2.75) is 38.5 Å². The van der Waals surface area contributed by atoms with Gasteiger partial charge in [-0.3, -0.25) is 9.59 Å². The zero-order valence-electron chi connectivity index (χ0n) is 15.1. The van der Waals surface area contributed by atoms with Crippen molar-refractivity contribution >= 4 is 30.0 Å². The molecule has 1 saturated carbocycles. The summed E-state index contributed by atoms with van der Waals surface area (Å²) in [4.78, 5) is 24.3. The van der Waals surface area contributed by atoms with E-state index in [1.54, 1.807) is 0 Å². The Kier molecular flexibility index (Phi) is 5.79. The molecule has 1 atom stereocenters. The van der Waals surface area contributed by atoms with Gasteiger partial charge in [0.15, 0.2) is 0 Å². The number of benzene rings is 1. The Labute approximate surface area is 155 Å². The van der Waals surface area contributed by atoms with Gasteiger partial charge < -0.3 is 15.4 Å². The van der Waals surface area contributed by atoms with Crippen LogP contribution in [0.3, 0.4) is 0 Å². The molecular formula is C19H27ClN2O3. The topological polar surface area (TPSA) is 67.4 Å². The number of rotatable bonds is 4. The van der Waals surface area contributed by atoms with E-state index in [9.17, 15) is 9.59 Å². The van der Waals surface area contributed by atoms with Gasteiger partial charge in [-0.15, -0.1) is 12.4 Å². The number of amides is 1. The van der Waals surface area contributed by atoms with E-state index in [2.05, 4.69) is 10.6 Å². The van der Waals surface area contributed by atoms with Gasteiger partial charge in [-0.1, -0.05) is 12.1 Å². The molecule has 0 radical (unpaired) electrons. The van der Waals surface area contributed by atoms with Crippen LogP contribution in [0.5, 0.6) is 0 Å². The van der Waals surface area contributed by atoms with Gasteiger partial charge in [0.25, 0.3) is 0 Å². The molecule has 2 fully saturated rings. The number of esters is 1. The van der Waals surface area contributed by atoms with Crippen LogP contribution in [0.4, 0.5) is 5.69 Å². The van der Waals surface area contributed by atoms with Crippen LogP contribution < -0.4 is 10.6 Å². The average Bonchev–Trinajstić information content (AvgIpc) is 3.28. The van der Waals surface area contributed by atoms with Crippen LogP contribution in [0.25, 0.3) is 0 Å². The smallest absolute Gasteiger partial charge is 0.315 e. The first-order valence-electron chi connectivity index (χ1n) is 8.60. The van der Waals surface area contributed by atoms with E-state index in [-0.39, 0.29) is 35.6 Å². The number of anilines is 1. The SMILES string of the molecule is COC(=O)C(C)(C)c1ccc(NC(=O)C2CC23CCNCC3)cc1.Cl. The molecule has 138 valence electrons. The summed E-state index contributed by atoms with van der Waals surface area (Å²) in [6.45, 7) is 5.69. The second kappa shape index (κ2) is 7.34. The summed E-state index contributed by atoms with van der Waals surface area (Å²) < 4.78 is 4.85. The first kappa shape index (κ1) is 19.7. The van der Waals surface area contributed by atoms with Crippen molar-refractivity contribution in [3.63, 3.8) is 0 Å². The molecule has 1 aliphatic carbocycles. The minimum atomic E-state index is -0.701. The highest BCUT2D eigenvalue weighted by Gasteiger charge is 2.57. The van der Waals surface area contributed by atoms with Gasteiger partial charge in [-0.2, -0.15) is 0 Å². The average molecular weight is 367 g/mol. The van der Waals surface area contributed by atoms with E-state index in [0.29, 0.717) is 0 Å². The Bertz CT molecular complexity index is 637. The van der Waals surface area contributed by atoms with E-state index in [1.807, 2.05) is 38.1 Å². The fraction of sp³-hybridized carbons (Fsp3) is 0.579. The summed E-state index contributed by atoms with van der Waals surface area (Å²) in [5.41, 5.74) is 1.18. The van der Waals surface area contributed by atoms with Crippen molar-refractivity contribution in [2.24, 2.45) is 11.3 Å². The van der Waals surface area contributed by atoms with E-state index < -0.39 is 5.41 Å². The van der Waals surface area contributed by atoms with Crippen LogP contribution in [0.15, 0.2) is 24.3 Å². The largest absolute Gasteiger partial charge is 0.468 e. The highest BCUT2D eigenvalue weighted by Crippen LogP contribution is 2.58. The molecule has 1 aliphatic heterocycles.